The van der Waals surface area contributed by atoms with E-state index in [0.29, 0.717) is 12.3 Å². The number of nitrogens with one attached hydrogen (secondary N) is 1. The highest BCUT2D eigenvalue weighted by molar-refractivity contribution is 7.81. The second kappa shape index (κ2) is 9.87. The lowest BCUT2D eigenvalue weighted by molar-refractivity contribution is -0.120. The standard InChI is InChI=1S/C17H27NOS/c1-3-5-9-14(4-2)13-18-17(19)16(20)12-15-10-7-6-8-11-15/h6-8,10-11,14,16,20H,3-5,9,12-13H2,1-2H3,(H,18,19). The van der Waals surface area contributed by atoms with Crippen LogP contribution in [-0.2, 0) is 11.2 Å². The van der Waals surface area contributed by atoms with Crippen molar-refractivity contribution in [1.29, 1.82) is 0 Å². The third-order valence-corrected chi connectivity index (χ3v) is 4.10. The number of hydrogen-bond acceptors (Lipinski definition) is 2. The zero-order valence-corrected chi connectivity index (χ0v) is 13.5. The van der Waals surface area contributed by atoms with Crippen molar-refractivity contribution in [3.05, 3.63) is 35.9 Å². The lowest BCUT2D eigenvalue weighted by Crippen LogP contribution is -2.36. The van der Waals surface area contributed by atoms with Crippen LogP contribution in [0.5, 0.6) is 0 Å². The Labute approximate surface area is 128 Å². The van der Waals surface area contributed by atoms with Crippen molar-refractivity contribution in [2.75, 3.05) is 6.54 Å². The van der Waals surface area contributed by atoms with Gasteiger partial charge in [0.15, 0.2) is 0 Å². The van der Waals surface area contributed by atoms with Crippen molar-refractivity contribution in [3.8, 4) is 0 Å². The molecule has 0 saturated heterocycles. The van der Waals surface area contributed by atoms with E-state index < -0.39 is 0 Å². The van der Waals surface area contributed by atoms with Gasteiger partial charge in [-0.25, -0.2) is 0 Å². The van der Waals surface area contributed by atoms with Crippen LogP contribution in [0.1, 0.15) is 45.1 Å². The van der Waals surface area contributed by atoms with E-state index in [9.17, 15) is 4.79 Å². The van der Waals surface area contributed by atoms with Crippen LogP contribution >= 0.6 is 12.6 Å². The summed E-state index contributed by atoms with van der Waals surface area (Å²) in [4.78, 5) is 12.1. The number of hydrogen-bond donors (Lipinski definition) is 2. The highest BCUT2D eigenvalue weighted by Crippen LogP contribution is 2.12. The zero-order chi connectivity index (χ0) is 14.8. The van der Waals surface area contributed by atoms with Gasteiger partial charge in [0.2, 0.25) is 5.91 Å². The van der Waals surface area contributed by atoms with Gasteiger partial charge in [0.05, 0.1) is 5.25 Å². The Morgan fingerprint density at radius 3 is 2.55 bits per heavy atom. The van der Waals surface area contributed by atoms with Crippen molar-refractivity contribution in [3.63, 3.8) is 0 Å². The second-order valence-corrected chi connectivity index (χ2v) is 5.99. The van der Waals surface area contributed by atoms with Crippen molar-refractivity contribution in [1.82, 2.24) is 5.32 Å². The molecule has 0 saturated carbocycles. The summed E-state index contributed by atoms with van der Waals surface area (Å²) < 4.78 is 0. The molecule has 0 heterocycles. The van der Waals surface area contributed by atoms with Crippen molar-refractivity contribution < 1.29 is 4.79 Å². The van der Waals surface area contributed by atoms with Gasteiger partial charge in [0, 0.05) is 6.54 Å². The van der Waals surface area contributed by atoms with Crippen LogP contribution in [0.25, 0.3) is 0 Å². The van der Waals surface area contributed by atoms with E-state index in [1.54, 1.807) is 0 Å². The Hall–Kier alpha value is -0.960. The van der Waals surface area contributed by atoms with Gasteiger partial charge in [-0.05, 0) is 24.3 Å². The maximum atomic E-state index is 12.1. The third kappa shape index (κ3) is 6.47. The van der Waals surface area contributed by atoms with Gasteiger partial charge in [-0.3, -0.25) is 4.79 Å². The Kier molecular flexibility index (Phi) is 8.43. The summed E-state index contributed by atoms with van der Waals surface area (Å²) in [6.07, 6.45) is 5.46. The first-order valence-electron chi connectivity index (χ1n) is 7.67. The van der Waals surface area contributed by atoms with E-state index in [1.165, 1.54) is 19.3 Å². The molecule has 3 heteroatoms. The molecular weight excluding hydrogens is 266 g/mol. The van der Waals surface area contributed by atoms with Gasteiger partial charge in [-0.15, -0.1) is 0 Å². The summed E-state index contributed by atoms with van der Waals surface area (Å²) >= 11 is 4.43. The van der Waals surface area contributed by atoms with E-state index in [4.69, 9.17) is 0 Å². The minimum Gasteiger partial charge on any atom is -0.355 e. The molecular formula is C17H27NOS. The van der Waals surface area contributed by atoms with Crippen molar-refractivity contribution in [2.45, 2.75) is 51.2 Å². The van der Waals surface area contributed by atoms with Gasteiger partial charge in [0.1, 0.15) is 0 Å². The summed E-state index contributed by atoms with van der Waals surface area (Å²) in [6, 6.07) is 10.0. The highest BCUT2D eigenvalue weighted by Gasteiger charge is 2.15. The highest BCUT2D eigenvalue weighted by atomic mass is 32.1. The number of carbonyl (C=O) groups excluding carboxylic acids is 1. The molecule has 2 atom stereocenters. The molecule has 1 N–H and O–H groups in total. The third-order valence-electron chi connectivity index (χ3n) is 3.68. The van der Waals surface area contributed by atoms with Crippen LogP contribution in [0, 0.1) is 5.92 Å². The topological polar surface area (TPSA) is 29.1 Å². The summed E-state index contributed by atoms with van der Waals surface area (Å²) in [7, 11) is 0. The second-order valence-electron chi connectivity index (χ2n) is 5.37. The summed E-state index contributed by atoms with van der Waals surface area (Å²) in [5, 5.41) is 2.78. The summed E-state index contributed by atoms with van der Waals surface area (Å²) in [5.74, 6) is 0.642. The number of thiol groups is 1. The fourth-order valence-electron chi connectivity index (χ4n) is 2.24. The van der Waals surface area contributed by atoms with Crippen LogP contribution in [0.3, 0.4) is 0 Å². The molecule has 1 aromatic carbocycles. The minimum absolute atomic E-state index is 0.0483. The lowest BCUT2D eigenvalue weighted by Gasteiger charge is -2.17. The fraction of sp³-hybridized carbons (Fsp3) is 0.588. The van der Waals surface area contributed by atoms with E-state index in [1.807, 2.05) is 30.3 Å². The summed E-state index contributed by atoms with van der Waals surface area (Å²) in [6.45, 7) is 5.17. The molecule has 0 bridgehead atoms. The Morgan fingerprint density at radius 1 is 1.25 bits per heavy atom. The van der Waals surface area contributed by atoms with Crippen LogP contribution in [0.15, 0.2) is 30.3 Å². The first kappa shape index (κ1) is 17.1. The van der Waals surface area contributed by atoms with Gasteiger partial charge in [-0.1, -0.05) is 63.4 Å². The maximum Gasteiger partial charge on any atom is 0.233 e. The van der Waals surface area contributed by atoms with Crippen LogP contribution in [0.2, 0.25) is 0 Å². The molecule has 0 spiro atoms. The molecule has 0 aliphatic heterocycles. The average Bonchev–Trinajstić information content (AvgIpc) is 2.48. The molecule has 0 fully saturated rings. The summed E-state index contributed by atoms with van der Waals surface area (Å²) in [5.41, 5.74) is 1.15. The molecule has 1 aromatic rings. The van der Waals surface area contributed by atoms with E-state index in [2.05, 4.69) is 31.8 Å². The Morgan fingerprint density at radius 2 is 1.95 bits per heavy atom. The van der Waals surface area contributed by atoms with E-state index >= 15 is 0 Å². The van der Waals surface area contributed by atoms with Gasteiger partial charge in [-0.2, -0.15) is 12.6 Å². The number of benzene rings is 1. The minimum atomic E-state index is -0.263. The molecule has 0 aliphatic rings. The molecule has 112 valence electrons. The molecule has 2 nitrogen and oxygen atoms in total. The van der Waals surface area contributed by atoms with Gasteiger partial charge >= 0.3 is 0 Å². The van der Waals surface area contributed by atoms with Crippen LogP contribution < -0.4 is 5.32 Å². The van der Waals surface area contributed by atoms with Crippen molar-refractivity contribution >= 4 is 18.5 Å². The Bertz CT molecular complexity index is 380. The molecule has 0 aromatic heterocycles. The molecule has 1 rings (SSSR count). The lowest BCUT2D eigenvalue weighted by atomic mass is 9.99. The largest absolute Gasteiger partial charge is 0.355 e. The maximum absolute atomic E-state index is 12.1. The smallest absolute Gasteiger partial charge is 0.233 e. The fourth-order valence-corrected chi connectivity index (χ4v) is 2.54. The molecule has 1 amide bonds. The average molecular weight is 293 g/mol. The monoisotopic (exact) mass is 293 g/mol. The first-order valence-corrected chi connectivity index (χ1v) is 8.18. The van der Waals surface area contributed by atoms with E-state index in [-0.39, 0.29) is 11.2 Å². The SMILES string of the molecule is CCCCC(CC)CNC(=O)C(S)Cc1ccccc1. The molecule has 0 radical (unpaired) electrons. The van der Waals surface area contributed by atoms with Gasteiger partial charge < -0.3 is 5.32 Å². The number of carbonyl (C=O) groups is 1. The number of amides is 1. The number of rotatable bonds is 9. The predicted molar refractivity (Wildman–Crippen MR) is 89.2 cm³/mol. The van der Waals surface area contributed by atoms with Crippen molar-refractivity contribution in [2.24, 2.45) is 5.92 Å². The molecule has 0 aliphatic carbocycles. The first-order chi connectivity index (χ1) is 9.67. The van der Waals surface area contributed by atoms with Gasteiger partial charge in [0.25, 0.3) is 0 Å². The molecule has 20 heavy (non-hydrogen) atoms. The Balaban J connectivity index is 2.34. The predicted octanol–water partition coefficient (Wildman–Crippen LogP) is 3.86. The van der Waals surface area contributed by atoms with Crippen LogP contribution in [0.4, 0.5) is 0 Å². The quantitative estimate of drug-likeness (QED) is 0.665. The van der Waals surface area contributed by atoms with E-state index in [0.717, 1.165) is 18.5 Å². The number of unbranched alkanes of at least 4 members (excludes halogenated alkanes) is 1. The van der Waals surface area contributed by atoms with Crippen LogP contribution in [-0.4, -0.2) is 17.7 Å². The normalized spacial score (nSPS) is 13.8. The molecule has 2 unspecified atom stereocenters. The zero-order valence-electron chi connectivity index (χ0n) is 12.6.